The van der Waals surface area contributed by atoms with E-state index in [0.29, 0.717) is 23.4 Å². The van der Waals surface area contributed by atoms with Crippen LogP contribution in [0, 0.1) is 17.8 Å². The number of hydrogen-bond donors (Lipinski definition) is 1. The van der Waals surface area contributed by atoms with Crippen molar-refractivity contribution in [3.63, 3.8) is 0 Å². The Balaban J connectivity index is 1.58. The van der Waals surface area contributed by atoms with Gasteiger partial charge in [0, 0.05) is 15.7 Å². The van der Waals surface area contributed by atoms with Crippen molar-refractivity contribution in [3.8, 4) is 0 Å². The van der Waals surface area contributed by atoms with Gasteiger partial charge < -0.3 is 5.32 Å². The van der Waals surface area contributed by atoms with E-state index in [1.807, 2.05) is 31.2 Å². The minimum atomic E-state index is -0.322. The molecule has 6 heteroatoms. The summed E-state index contributed by atoms with van der Waals surface area (Å²) in [6.07, 6.45) is 4.56. The monoisotopic (exact) mass is 438 g/mol. The van der Waals surface area contributed by atoms with Crippen LogP contribution in [0.25, 0.3) is 0 Å². The van der Waals surface area contributed by atoms with Crippen LogP contribution < -0.4 is 10.2 Å². The van der Waals surface area contributed by atoms with Crippen molar-refractivity contribution in [2.24, 2.45) is 17.8 Å². The third kappa shape index (κ3) is 3.29. The molecule has 1 fully saturated rings. The first-order valence-corrected chi connectivity index (χ1v) is 9.96. The second-order valence-electron chi connectivity index (χ2n) is 7.18. The van der Waals surface area contributed by atoms with Gasteiger partial charge in [0.1, 0.15) is 0 Å². The zero-order valence-electron chi connectivity index (χ0n) is 15.3. The number of anilines is 2. The van der Waals surface area contributed by atoms with Crippen LogP contribution in [0.3, 0.4) is 0 Å². The average molecular weight is 439 g/mol. The molecular formula is C22H19BrN2O3. The molecule has 1 aliphatic heterocycles. The largest absolute Gasteiger partial charge is 0.322 e. The van der Waals surface area contributed by atoms with Gasteiger partial charge in [0.05, 0.1) is 17.5 Å². The molecule has 3 atom stereocenters. The third-order valence-electron chi connectivity index (χ3n) is 5.34. The highest BCUT2D eigenvalue weighted by molar-refractivity contribution is 9.10. The number of hydrogen-bond acceptors (Lipinski definition) is 3. The van der Waals surface area contributed by atoms with Crippen molar-refractivity contribution in [1.29, 1.82) is 0 Å². The molecule has 4 rings (SSSR count). The van der Waals surface area contributed by atoms with Gasteiger partial charge in [-0.3, -0.25) is 19.3 Å². The first-order valence-electron chi connectivity index (χ1n) is 9.17. The maximum atomic E-state index is 12.9. The van der Waals surface area contributed by atoms with E-state index in [-0.39, 0.29) is 35.5 Å². The van der Waals surface area contributed by atoms with Crippen LogP contribution >= 0.6 is 15.9 Å². The molecule has 0 aromatic heterocycles. The Bertz CT molecular complexity index is 984. The number of nitrogens with one attached hydrogen (secondary N) is 1. The van der Waals surface area contributed by atoms with Crippen molar-refractivity contribution < 1.29 is 14.4 Å². The molecule has 2 aromatic carbocycles. The SMILES string of the molecule is C[C@@H]1C=CC[C@@H]2C(=O)N(c3cccc(C(=O)Nc4ccc(Br)cc4)c3)C(=O)[C@@H]12. The molecule has 2 aliphatic rings. The van der Waals surface area contributed by atoms with Gasteiger partial charge >= 0.3 is 0 Å². The Morgan fingerprint density at radius 3 is 2.57 bits per heavy atom. The summed E-state index contributed by atoms with van der Waals surface area (Å²) in [5.74, 6) is -1.26. The molecule has 1 N–H and O–H groups in total. The van der Waals surface area contributed by atoms with Gasteiger partial charge in [0.15, 0.2) is 0 Å². The van der Waals surface area contributed by atoms with Crippen LogP contribution in [0.2, 0.25) is 0 Å². The highest BCUT2D eigenvalue weighted by Crippen LogP contribution is 2.40. The van der Waals surface area contributed by atoms with Crippen molar-refractivity contribution in [2.45, 2.75) is 13.3 Å². The lowest BCUT2D eigenvalue weighted by Gasteiger charge is -2.22. The predicted octanol–water partition coefficient (Wildman–Crippen LogP) is 4.40. The van der Waals surface area contributed by atoms with Gasteiger partial charge in [0.2, 0.25) is 11.8 Å². The number of nitrogens with zero attached hydrogens (tertiary/aromatic N) is 1. The van der Waals surface area contributed by atoms with Crippen LogP contribution in [0.15, 0.2) is 65.2 Å². The summed E-state index contributed by atoms with van der Waals surface area (Å²) in [7, 11) is 0. The Kier molecular flexibility index (Phi) is 4.89. The fraction of sp³-hybridized carbons (Fsp3) is 0.227. The number of imide groups is 1. The molecule has 0 saturated carbocycles. The molecule has 1 saturated heterocycles. The highest BCUT2D eigenvalue weighted by Gasteiger charge is 2.50. The first-order chi connectivity index (χ1) is 13.5. The lowest BCUT2D eigenvalue weighted by molar-refractivity contribution is -0.122. The molecule has 1 aliphatic carbocycles. The topological polar surface area (TPSA) is 66.5 Å². The van der Waals surface area contributed by atoms with E-state index in [9.17, 15) is 14.4 Å². The van der Waals surface area contributed by atoms with E-state index in [0.717, 1.165) is 4.47 Å². The molecule has 3 amide bonds. The fourth-order valence-corrected chi connectivity index (χ4v) is 4.19. The number of carbonyl (C=O) groups excluding carboxylic acids is 3. The Morgan fingerprint density at radius 1 is 1.11 bits per heavy atom. The second kappa shape index (κ2) is 7.36. The number of rotatable bonds is 3. The highest BCUT2D eigenvalue weighted by atomic mass is 79.9. The van der Waals surface area contributed by atoms with Crippen molar-refractivity contribution in [3.05, 3.63) is 70.7 Å². The molecule has 0 radical (unpaired) electrons. The van der Waals surface area contributed by atoms with Gasteiger partial charge in [-0.05, 0) is 54.8 Å². The van der Waals surface area contributed by atoms with E-state index >= 15 is 0 Å². The van der Waals surface area contributed by atoms with E-state index in [4.69, 9.17) is 0 Å². The van der Waals surface area contributed by atoms with Crippen LogP contribution in [-0.4, -0.2) is 17.7 Å². The van der Waals surface area contributed by atoms with E-state index in [2.05, 4.69) is 21.2 Å². The number of benzene rings is 2. The van der Waals surface area contributed by atoms with E-state index < -0.39 is 0 Å². The van der Waals surface area contributed by atoms with Crippen LogP contribution in [0.5, 0.6) is 0 Å². The number of carbonyl (C=O) groups is 3. The quantitative estimate of drug-likeness (QED) is 0.570. The summed E-state index contributed by atoms with van der Waals surface area (Å²) >= 11 is 3.36. The number of allylic oxidation sites excluding steroid dienone is 2. The first kappa shape index (κ1) is 18.6. The molecule has 0 bridgehead atoms. The third-order valence-corrected chi connectivity index (χ3v) is 5.87. The molecular weight excluding hydrogens is 420 g/mol. The zero-order chi connectivity index (χ0) is 19.8. The summed E-state index contributed by atoms with van der Waals surface area (Å²) in [5.41, 5.74) is 1.50. The summed E-state index contributed by atoms with van der Waals surface area (Å²) < 4.78 is 0.920. The van der Waals surface area contributed by atoms with Crippen molar-refractivity contribution in [1.82, 2.24) is 0 Å². The Hall–Kier alpha value is -2.73. The zero-order valence-corrected chi connectivity index (χ0v) is 16.8. The normalized spacial score (nSPS) is 23.6. The summed E-state index contributed by atoms with van der Waals surface area (Å²) in [6, 6.07) is 13.9. The van der Waals surface area contributed by atoms with Crippen LogP contribution in [-0.2, 0) is 9.59 Å². The van der Waals surface area contributed by atoms with Gasteiger partial charge in [-0.2, -0.15) is 0 Å². The molecule has 1 heterocycles. The Labute approximate surface area is 171 Å². The van der Waals surface area contributed by atoms with Crippen molar-refractivity contribution >= 4 is 45.0 Å². The fourth-order valence-electron chi connectivity index (χ4n) is 3.92. The number of amides is 3. The summed E-state index contributed by atoms with van der Waals surface area (Å²) in [5, 5.41) is 2.82. The smallest absolute Gasteiger partial charge is 0.255 e. The molecule has 0 spiro atoms. The van der Waals surface area contributed by atoms with Crippen molar-refractivity contribution in [2.75, 3.05) is 10.2 Å². The Morgan fingerprint density at radius 2 is 1.86 bits per heavy atom. The van der Waals surface area contributed by atoms with E-state index in [1.54, 1.807) is 36.4 Å². The molecule has 2 aromatic rings. The van der Waals surface area contributed by atoms with Gasteiger partial charge in [-0.1, -0.05) is 41.1 Å². The van der Waals surface area contributed by atoms with Gasteiger partial charge in [0.25, 0.3) is 5.91 Å². The maximum absolute atomic E-state index is 12.9. The predicted molar refractivity (Wildman–Crippen MR) is 111 cm³/mol. The molecule has 5 nitrogen and oxygen atoms in total. The minimum Gasteiger partial charge on any atom is -0.322 e. The minimum absolute atomic E-state index is 0.0316. The lowest BCUT2D eigenvalue weighted by Crippen LogP contribution is -2.31. The second-order valence-corrected chi connectivity index (χ2v) is 8.09. The van der Waals surface area contributed by atoms with Gasteiger partial charge in [-0.15, -0.1) is 0 Å². The van der Waals surface area contributed by atoms with Crippen LogP contribution in [0.1, 0.15) is 23.7 Å². The standard InChI is InChI=1S/C22H19BrN2O3/c1-13-4-2-7-18-19(13)22(28)25(21(18)27)17-6-3-5-14(12-17)20(26)24-16-10-8-15(23)9-11-16/h2-6,8-13,18-19H,7H2,1H3,(H,24,26)/t13-,18+,19+/m1/s1. The van der Waals surface area contributed by atoms with E-state index in [1.165, 1.54) is 4.90 Å². The average Bonchev–Trinajstić information content (AvgIpc) is 2.95. The van der Waals surface area contributed by atoms with Gasteiger partial charge in [-0.25, -0.2) is 0 Å². The molecule has 0 unspecified atom stereocenters. The molecule has 142 valence electrons. The lowest BCUT2D eigenvalue weighted by atomic mass is 9.78. The number of halogens is 1. The number of fused-ring (bicyclic) bond motifs is 1. The summed E-state index contributed by atoms with van der Waals surface area (Å²) in [4.78, 5) is 39.7. The summed E-state index contributed by atoms with van der Waals surface area (Å²) in [6.45, 7) is 1.96. The maximum Gasteiger partial charge on any atom is 0.255 e. The molecule has 28 heavy (non-hydrogen) atoms. The van der Waals surface area contributed by atoms with Crippen LogP contribution in [0.4, 0.5) is 11.4 Å².